The van der Waals surface area contributed by atoms with Crippen LogP contribution in [0.2, 0.25) is 0 Å². The Balaban J connectivity index is 1.60. The highest BCUT2D eigenvalue weighted by atomic mass is 32.2. The number of benzene rings is 3. The van der Waals surface area contributed by atoms with Gasteiger partial charge in [0, 0.05) is 50.1 Å². The van der Waals surface area contributed by atoms with Crippen molar-refractivity contribution in [1.82, 2.24) is 9.80 Å². The van der Waals surface area contributed by atoms with Crippen molar-refractivity contribution < 1.29 is 62.3 Å². The smallest absolute Gasteiger partial charge is 0.349 e. The minimum atomic E-state index is -6.15. The Morgan fingerprint density at radius 1 is 0.784 bits per heavy atom. The number of nitrogens with zero attached hydrogens (tertiary/aromatic N) is 2. The molecule has 0 aromatic heterocycles. The van der Waals surface area contributed by atoms with Gasteiger partial charge in [0.05, 0.1) is 17.3 Å². The van der Waals surface area contributed by atoms with Crippen molar-refractivity contribution in [2.24, 2.45) is 5.92 Å². The van der Waals surface area contributed by atoms with Crippen molar-refractivity contribution in [3.05, 3.63) is 101 Å². The molecular weight excluding hydrogens is 719 g/mol. The lowest BCUT2D eigenvalue weighted by Gasteiger charge is -2.37. The fourth-order valence-electron chi connectivity index (χ4n) is 5.84. The van der Waals surface area contributed by atoms with Crippen LogP contribution in [0.3, 0.4) is 0 Å². The predicted octanol–water partition coefficient (Wildman–Crippen LogP) is 6.74. The largest absolute Gasteiger partial charge is 0.430 e. The van der Waals surface area contributed by atoms with E-state index >= 15 is 0 Å². The highest BCUT2D eigenvalue weighted by molar-refractivity contribution is 7.91. The van der Waals surface area contributed by atoms with Crippen LogP contribution >= 0.6 is 0 Å². The molecule has 0 radical (unpaired) electrons. The lowest BCUT2D eigenvalue weighted by Crippen LogP contribution is -2.55. The third-order valence-corrected chi connectivity index (χ3v) is 10.5. The van der Waals surface area contributed by atoms with Gasteiger partial charge in [-0.25, -0.2) is 21.6 Å². The van der Waals surface area contributed by atoms with E-state index in [0.717, 1.165) is 42.5 Å². The maximum atomic E-state index is 14.4. The molecular formula is C34H33F9N2O5S. The van der Waals surface area contributed by atoms with Gasteiger partial charge in [-0.3, -0.25) is 9.59 Å². The molecule has 1 atom stereocenters. The molecule has 4 rings (SSSR count). The van der Waals surface area contributed by atoms with E-state index in [9.17, 15) is 57.5 Å². The summed E-state index contributed by atoms with van der Waals surface area (Å²) in [4.78, 5) is 28.2. The molecule has 3 aromatic carbocycles. The molecule has 0 bridgehead atoms. The number of alkyl halides is 6. The molecule has 1 saturated heterocycles. The molecule has 1 heterocycles. The zero-order valence-corrected chi connectivity index (χ0v) is 27.9. The molecule has 0 aliphatic carbocycles. The summed E-state index contributed by atoms with van der Waals surface area (Å²) in [5, 5.41) is 0. The molecule has 0 spiro atoms. The SMILES string of the molecule is CC(=O)N1CCN(C(=O)[C@@H](CCCS(=O)(=O)c2ccc(F)cc2)Cc2ccc(C(OCc3c(F)cccc3F)(C(F)(F)F)C(F)(F)F)cc2)CC1. The van der Waals surface area contributed by atoms with E-state index in [1.165, 1.54) is 16.7 Å². The van der Waals surface area contributed by atoms with E-state index in [1.54, 1.807) is 0 Å². The lowest BCUT2D eigenvalue weighted by atomic mass is 9.88. The van der Waals surface area contributed by atoms with Crippen LogP contribution in [0.15, 0.2) is 71.6 Å². The number of piperazine rings is 1. The number of rotatable bonds is 12. The summed E-state index contributed by atoms with van der Waals surface area (Å²) in [6.45, 7) is 0.363. The van der Waals surface area contributed by atoms with Crippen molar-refractivity contribution >= 4 is 21.7 Å². The first-order chi connectivity index (χ1) is 23.8. The third-order valence-electron chi connectivity index (χ3n) is 8.66. The van der Waals surface area contributed by atoms with Crippen molar-refractivity contribution in [1.29, 1.82) is 0 Å². The summed E-state index contributed by atoms with van der Waals surface area (Å²) in [7, 11) is -3.90. The molecule has 1 fully saturated rings. The van der Waals surface area contributed by atoms with E-state index in [0.29, 0.717) is 24.3 Å². The quantitative estimate of drug-likeness (QED) is 0.151. The monoisotopic (exact) mass is 752 g/mol. The molecule has 278 valence electrons. The summed E-state index contributed by atoms with van der Waals surface area (Å²) >= 11 is 0. The summed E-state index contributed by atoms with van der Waals surface area (Å²) in [5.74, 6) is -5.56. The van der Waals surface area contributed by atoms with Gasteiger partial charge >= 0.3 is 12.4 Å². The van der Waals surface area contributed by atoms with Crippen LogP contribution < -0.4 is 0 Å². The number of sulfone groups is 1. The van der Waals surface area contributed by atoms with Crippen LogP contribution in [0, 0.1) is 23.4 Å². The summed E-state index contributed by atoms with van der Waals surface area (Å²) in [6.07, 6.45) is -12.6. The first-order valence-electron chi connectivity index (χ1n) is 15.6. The number of carbonyl (C=O) groups is 2. The Kier molecular flexibility index (Phi) is 12.2. The molecule has 0 saturated carbocycles. The Bertz CT molecular complexity index is 1760. The minimum absolute atomic E-state index is 0.0553. The number of hydrogen-bond donors (Lipinski definition) is 0. The van der Waals surface area contributed by atoms with Crippen molar-refractivity contribution in [2.75, 3.05) is 31.9 Å². The first-order valence-corrected chi connectivity index (χ1v) is 17.2. The Hall–Kier alpha value is -4.12. The number of amides is 2. The van der Waals surface area contributed by atoms with Crippen LogP contribution in [-0.2, 0) is 42.8 Å². The molecule has 2 amide bonds. The van der Waals surface area contributed by atoms with Gasteiger partial charge in [-0.15, -0.1) is 0 Å². The normalized spacial score (nSPS) is 15.2. The van der Waals surface area contributed by atoms with Gasteiger partial charge in [0.1, 0.15) is 17.5 Å². The fourth-order valence-corrected chi connectivity index (χ4v) is 7.17. The van der Waals surface area contributed by atoms with Crippen LogP contribution in [0.25, 0.3) is 0 Å². The maximum absolute atomic E-state index is 14.4. The van der Waals surface area contributed by atoms with Gasteiger partial charge in [-0.2, -0.15) is 26.3 Å². The van der Waals surface area contributed by atoms with Gasteiger partial charge in [-0.1, -0.05) is 30.3 Å². The standard InChI is InChI=1S/C34H33F9N2O5S/c1-22(46)44-15-17-45(18-16-44)31(47)24(4-3-19-51(48,49)27-13-11-26(35)12-14-27)20-23-7-9-25(10-8-23)32(33(38,39)40,34(41,42)43)50-21-28-29(36)5-2-6-30(28)37/h2,5-14,24H,3-4,15-21H2,1H3/t24-/m0/s1. The number of halogens is 9. The van der Waals surface area contributed by atoms with E-state index in [1.807, 2.05) is 0 Å². The van der Waals surface area contributed by atoms with Crippen LogP contribution in [0.1, 0.15) is 36.5 Å². The summed E-state index contributed by atoms with van der Waals surface area (Å²) in [5.41, 5.74) is -7.44. The second-order valence-corrected chi connectivity index (χ2v) is 14.1. The molecule has 0 N–H and O–H groups in total. The fraction of sp³-hybridized carbons (Fsp3) is 0.412. The summed E-state index contributed by atoms with van der Waals surface area (Å²) < 4.78 is 158. The molecule has 3 aromatic rings. The second kappa shape index (κ2) is 15.6. The Morgan fingerprint density at radius 3 is 1.82 bits per heavy atom. The molecule has 51 heavy (non-hydrogen) atoms. The summed E-state index contributed by atoms with van der Waals surface area (Å²) in [6, 6.07) is 9.15. The van der Waals surface area contributed by atoms with Crippen molar-refractivity contribution in [2.45, 2.75) is 55.6 Å². The predicted molar refractivity (Wildman–Crippen MR) is 165 cm³/mol. The Labute approximate surface area is 287 Å². The number of carbonyl (C=O) groups excluding carboxylic acids is 2. The molecule has 7 nitrogen and oxygen atoms in total. The van der Waals surface area contributed by atoms with Crippen molar-refractivity contribution in [3.8, 4) is 0 Å². The lowest BCUT2D eigenvalue weighted by molar-refractivity contribution is -0.392. The van der Waals surface area contributed by atoms with Crippen LogP contribution in [0.5, 0.6) is 0 Å². The van der Waals surface area contributed by atoms with Gasteiger partial charge in [0.25, 0.3) is 5.60 Å². The topological polar surface area (TPSA) is 84.0 Å². The van der Waals surface area contributed by atoms with Gasteiger partial charge < -0.3 is 14.5 Å². The number of ether oxygens (including phenoxy) is 1. The molecule has 1 aliphatic heterocycles. The molecule has 17 heteroatoms. The molecule has 0 unspecified atom stereocenters. The van der Waals surface area contributed by atoms with E-state index < -0.39 is 80.6 Å². The zero-order valence-electron chi connectivity index (χ0n) is 27.0. The second-order valence-electron chi connectivity index (χ2n) is 12.0. The van der Waals surface area contributed by atoms with E-state index in [4.69, 9.17) is 0 Å². The van der Waals surface area contributed by atoms with E-state index in [2.05, 4.69) is 4.74 Å². The molecule has 1 aliphatic rings. The maximum Gasteiger partial charge on any atom is 0.430 e. The third kappa shape index (κ3) is 9.04. The highest BCUT2D eigenvalue weighted by Crippen LogP contribution is 2.53. The zero-order chi connectivity index (χ0) is 37.8. The van der Waals surface area contributed by atoms with Crippen molar-refractivity contribution in [3.63, 3.8) is 0 Å². The average Bonchev–Trinajstić information content (AvgIpc) is 3.05. The average molecular weight is 753 g/mol. The van der Waals surface area contributed by atoms with E-state index in [-0.39, 0.29) is 61.8 Å². The van der Waals surface area contributed by atoms with Crippen LogP contribution in [0.4, 0.5) is 39.5 Å². The van der Waals surface area contributed by atoms with Gasteiger partial charge in [0.2, 0.25) is 11.8 Å². The van der Waals surface area contributed by atoms with Gasteiger partial charge in [0.15, 0.2) is 9.84 Å². The number of hydrogen-bond acceptors (Lipinski definition) is 5. The highest BCUT2D eigenvalue weighted by Gasteiger charge is 2.73. The minimum Gasteiger partial charge on any atom is -0.349 e. The van der Waals surface area contributed by atoms with Crippen LogP contribution in [-0.4, -0.2) is 74.3 Å². The Morgan fingerprint density at radius 2 is 1.31 bits per heavy atom. The first kappa shape index (κ1) is 39.7. The van der Waals surface area contributed by atoms with Gasteiger partial charge in [-0.05, 0) is 61.2 Å².